The van der Waals surface area contributed by atoms with Crippen molar-refractivity contribution >= 4 is 11.3 Å². The summed E-state index contributed by atoms with van der Waals surface area (Å²) in [6, 6.07) is 0. The van der Waals surface area contributed by atoms with Gasteiger partial charge in [0.25, 0.3) is 0 Å². The Labute approximate surface area is 102 Å². The number of nitrogens with zero attached hydrogens (tertiary/aromatic N) is 1. The van der Waals surface area contributed by atoms with Crippen LogP contribution >= 0.6 is 11.3 Å². The molecule has 0 saturated heterocycles. The third kappa shape index (κ3) is 2.64. The first-order chi connectivity index (χ1) is 7.70. The SMILES string of the molecule is CNCc1sc(C2CCC(C)CC2)nc1C. The first-order valence-electron chi connectivity index (χ1n) is 6.31. The lowest BCUT2D eigenvalue weighted by atomic mass is 9.83. The van der Waals surface area contributed by atoms with Crippen molar-refractivity contribution in [3.05, 3.63) is 15.6 Å². The van der Waals surface area contributed by atoms with Crippen molar-refractivity contribution in [3.63, 3.8) is 0 Å². The number of hydrogen-bond acceptors (Lipinski definition) is 3. The highest BCUT2D eigenvalue weighted by Crippen LogP contribution is 2.37. The second-order valence-electron chi connectivity index (χ2n) is 5.05. The summed E-state index contributed by atoms with van der Waals surface area (Å²) in [7, 11) is 2.00. The molecule has 90 valence electrons. The molecule has 2 nitrogen and oxygen atoms in total. The van der Waals surface area contributed by atoms with Crippen molar-refractivity contribution in [2.75, 3.05) is 7.05 Å². The van der Waals surface area contributed by atoms with Crippen LogP contribution in [0, 0.1) is 12.8 Å². The summed E-state index contributed by atoms with van der Waals surface area (Å²) in [6.45, 7) is 5.47. The van der Waals surface area contributed by atoms with Crippen LogP contribution in [-0.4, -0.2) is 12.0 Å². The smallest absolute Gasteiger partial charge is 0.0962 e. The van der Waals surface area contributed by atoms with Crippen LogP contribution in [0.2, 0.25) is 0 Å². The predicted octanol–water partition coefficient (Wildman–Crippen LogP) is 3.46. The molecular formula is C13H22N2S. The molecule has 0 radical (unpaired) electrons. The van der Waals surface area contributed by atoms with Crippen molar-refractivity contribution < 1.29 is 0 Å². The molecule has 1 N–H and O–H groups in total. The van der Waals surface area contributed by atoms with Crippen molar-refractivity contribution in [2.45, 2.75) is 52.0 Å². The largest absolute Gasteiger partial charge is 0.315 e. The molecule has 0 unspecified atom stereocenters. The van der Waals surface area contributed by atoms with Gasteiger partial charge in [0.1, 0.15) is 0 Å². The lowest BCUT2D eigenvalue weighted by Crippen LogP contribution is -2.10. The first-order valence-corrected chi connectivity index (χ1v) is 7.13. The fourth-order valence-corrected chi connectivity index (χ4v) is 3.70. The zero-order valence-corrected chi connectivity index (χ0v) is 11.4. The Kier molecular flexibility index (Phi) is 3.98. The Morgan fingerprint density at radius 1 is 1.31 bits per heavy atom. The summed E-state index contributed by atoms with van der Waals surface area (Å²) in [5, 5.41) is 4.60. The molecule has 0 amide bonds. The summed E-state index contributed by atoms with van der Waals surface area (Å²) in [6.07, 6.45) is 5.44. The third-order valence-electron chi connectivity index (χ3n) is 3.61. The van der Waals surface area contributed by atoms with Crippen LogP contribution in [-0.2, 0) is 6.54 Å². The molecule has 1 aliphatic rings. The van der Waals surface area contributed by atoms with E-state index in [-0.39, 0.29) is 0 Å². The highest BCUT2D eigenvalue weighted by Gasteiger charge is 2.22. The van der Waals surface area contributed by atoms with E-state index in [1.165, 1.54) is 41.3 Å². The van der Waals surface area contributed by atoms with Gasteiger partial charge in [-0.2, -0.15) is 0 Å². The molecule has 2 rings (SSSR count). The van der Waals surface area contributed by atoms with Gasteiger partial charge in [-0.1, -0.05) is 19.8 Å². The average Bonchev–Trinajstić information content (AvgIpc) is 2.62. The lowest BCUT2D eigenvalue weighted by Gasteiger charge is -2.24. The van der Waals surface area contributed by atoms with Gasteiger partial charge in [-0.3, -0.25) is 0 Å². The summed E-state index contributed by atoms with van der Waals surface area (Å²) in [4.78, 5) is 6.17. The van der Waals surface area contributed by atoms with E-state index in [1.807, 2.05) is 18.4 Å². The Morgan fingerprint density at radius 3 is 2.62 bits per heavy atom. The van der Waals surface area contributed by atoms with Crippen LogP contribution < -0.4 is 5.32 Å². The van der Waals surface area contributed by atoms with Crippen molar-refractivity contribution in [3.8, 4) is 0 Å². The van der Waals surface area contributed by atoms with E-state index in [9.17, 15) is 0 Å². The normalized spacial score (nSPS) is 25.9. The second-order valence-corrected chi connectivity index (χ2v) is 6.16. The second kappa shape index (κ2) is 5.28. The number of nitrogens with one attached hydrogen (secondary N) is 1. The molecule has 0 spiro atoms. The van der Waals surface area contributed by atoms with Gasteiger partial charge in [0.2, 0.25) is 0 Å². The lowest BCUT2D eigenvalue weighted by molar-refractivity contribution is 0.347. The Morgan fingerprint density at radius 2 is 2.00 bits per heavy atom. The number of thiazole rings is 1. The molecular weight excluding hydrogens is 216 g/mol. The predicted molar refractivity (Wildman–Crippen MR) is 70.0 cm³/mol. The summed E-state index contributed by atoms with van der Waals surface area (Å²) >= 11 is 1.92. The third-order valence-corrected chi connectivity index (χ3v) is 4.93. The minimum atomic E-state index is 0.741. The van der Waals surface area contributed by atoms with Crippen LogP contribution in [0.3, 0.4) is 0 Å². The molecule has 0 aromatic carbocycles. The maximum atomic E-state index is 4.76. The molecule has 3 heteroatoms. The molecule has 1 aromatic heterocycles. The van der Waals surface area contributed by atoms with E-state index in [0.717, 1.165) is 18.4 Å². The maximum Gasteiger partial charge on any atom is 0.0962 e. The standard InChI is InChI=1S/C13H22N2S/c1-9-4-6-11(7-5-9)13-15-10(2)12(16-13)8-14-3/h9,11,14H,4-8H2,1-3H3. The number of rotatable bonds is 3. The fourth-order valence-electron chi connectivity index (χ4n) is 2.46. The summed E-state index contributed by atoms with van der Waals surface area (Å²) in [5.41, 5.74) is 1.23. The van der Waals surface area contributed by atoms with Crippen LogP contribution in [0.15, 0.2) is 0 Å². The molecule has 1 saturated carbocycles. The minimum absolute atomic E-state index is 0.741. The minimum Gasteiger partial charge on any atom is -0.315 e. The number of hydrogen-bond donors (Lipinski definition) is 1. The van der Waals surface area contributed by atoms with E-state index < -0.39 is 0 Å². The first kappa shape index (κ1) is 12.1. The van der Waals surface area contributed by atoms with Gasteiger partial charge in [0, 0.05) is 17.3 Å². The van der Waals surface area contributed by atoms with Crippen LogP contribution in [0.5, 0.6) is 0 Å². The van der Waals surface area contributed by atoms with Gasteiger partial charge in [-0.05, 0) is 32.7 Å². The summed E-state index contributed by atoms with van der Waals surface area (Å²) in [5.74, 6) is 1.67. The average molecular weight is 238 g/mol. The van der Waals surface area contributed by atoms with E-state index in [4.69, 9.17) is 4.98 Å². The topological polar surface area (TPSA) is 24.9 Å². The van der Waals surface area contributed by atoms with Gasteiger partial charge in [0.05, 0.1) is 10.7 Å². The van der Waals surface area contributed by atoms with E-state index >= 15 is 0 Å². The Bertz CT molecular complexity index is 338. The molecule has 1 aromatic rings. The monoisotopic (exact) mass is 238 g/mol. The van der Waals surface area contributed by atoms with E-state index in [2.05, 4.69) is 19.2 Å². The number of aromatic nitrogens is 1. The van der Waals surface area contributed by atoms with Gasteiger partial charge >= 0.3 is 0 Å². The van der Waals surface area contributed by atoms with Gasteiger partial charge < -0.3 is 5.32 Å². The zero-order chi connectivity index (χ0) is 11.5. The van der Waals surface area contributed by atoms with Crippen LogP contribution in [0.1, 0.15) is 54.1 Å². The molecule has 16 heavy (non-hydrogen) atoms. The molecule has 0 atom stereocenters. The summed E-state index contributed by atoms with van der Waals surface area (Å²) < 4.78 is 0. The molecule has 1 aliphatic carbocycles. The van der Waals surface area contributed by atoms with Crippen LogP contribution in [0.25, 0.3) is 0 Å². The van der Waals surface area contributed by atoms with Gasteiger partial charge in [0.15, 0.2) is 0 Å². The quantitative estimate of drug-likeness (QED) is 0.872. The fraction of sp³-hybridized carbons (Fsp3) is 0.769. The highest BCUT2D eigenvalue weighted by molar-refractivity contribution is 7.11. The zero-order valence-electron chi connectivity index (χ0n) is 10.5. The molecule has 0 aliphatic heterocycles. The maximum absolute atomic E-state index is 4.76. The van der Waals surface area contributed by atoms with E-state index in [1.54, 1.807) is 0 Å². The molecule has 1 fully saturated rings. The van der Waals surface area contributed by atoms with Gasteiger partial charge in [-0.25, -0.2) is 4.98 Å². The van der Waals surface area contributed by atoms with Crippen molar-refractivity contribution in [1.82, 2.24) is 10.3 Å². The Balaban J connectivity index is 2.06. The number of aryl methyl sites for hydroxylation is 1. The van der Waals surface area contributed by atoms with Crippen molar-refractivity contribution in [2.24, 2.45) is 5.92 Å². The van der Waals surface area contributed by atoms with E-state index in [0.29, 0.717) is 0 Å². The highest BCUT2D eigenvalue weighted by atomic mass is 32.1. The van der Waals surface area contributed by atoms with Gasteiger partial charge in [-0.15, -0.1) is 11.3 Å². The molecule has 0 bridgehead atoms. The Hall–Kier alpha value is -0.410. The molecule has 1 heterocycles. The van der Waals surface area contributed by atoms with Crippen molar-refractivity contribution in [1.29, 1.82) is 0 Å². The van der Waals surface area contributed by atoms with Crippen LogP contribution in [0.4, 0.5) is 0 Å².